The molecular weight excluding hydrogens is 391 g/mol. The van der Waals surface area contributed by atoms with Crippen molar-refractivity contribution in [1.29, 1.82) is 0 Å². The molecule has 3 rings (SSSR count). The van der Waals surface area contributed by atoms with E-state index < -0.39 is 15.8 Å². The molecule has 29 heavy (non-hydrogen) atoms. The molecule has 0 radical (unpaired) electrons. The molecule has 3 aromatic carbocycles. The van der Waals surface area contributed by atoms with Crippen molar-refractivity contribution in [3.63, 3.8) is 0 Å². The summed E-state index contributed by atoms with van der Waals surface area (Å²) >= 11 is 0. The monoisotopic (exact) mass is 412 g/mol. The maximum atomic E-state index is 13.7. The summed E-state index contributed by atoms with van der Waals surface area (Å²) < 4.78 is 40.8. The first-order chi connectivity index (χ1) is 13.9. The number of amides is 1. The van der Waals surface area contributed by atoms with E-state index in [0.717, 1.165) is 5.56 Å². The highest BCUT2D eigenvalue weighted by atomic mass is 32.2. The van der Waals surface area contributed by atoms with Crippen LogP contribution in [0.5, 0.6) is 0 Å². The fourth-order valence-corrected chi connectivity index (χ4v) is 3.85. The van der Waals surface area contributed by atoms with E-state index in [2.05, 4.69) is 10.0 Å². The lowest BCUT2D eigenvalue weighted by Crippen LogP contribution is -2.27. The summed E-state index contributed by atoms with van der Waals surface area (Å²) in [5.41, 5.74) is 1.33. The summed E-state index contributed by atoms with van der Waals surface area (Å²) in [4.78, 5) is 12.3. The van der Waals surface area contributed by atoms with Gasteiger partial charge in [0.15, 0.2) is 0 Å². The van der Waals surface area contributed by atoms with Gasteiger partial charge in [-0.15, -0.1) is 0 Å². The van der Waals surface area contributed by atoms with Crippen LogP contribution in [0.25, 0.3) is 0 Å². The Balaban J connectivity index is 1.64. The van der Waals surface area contributed by atoms with E-state index in [0.29, 0.717) is 12.1 Å². The van der Waals surface area contributed by atoms with E-state index in [1.807, 2.05) is 37.3 Å². The van der Waals surface area contributed by atoms with Gasteiger partial charge in [-0.2, -0.15) is 0 Å². The summed E-state index contributed by atoms with van der Waals surface area (Å²) in [7, 11) is -3.96. The van der Waals surface area contributed by atoms with Gasteiger partial charge in [0, 0.05) is 12.1 Å². The molecule has 0 aromatic heterocycles. The van der Waals surface area contributed by atoms with Crippen molar-refractivity contribution in [2.24, 2.45) is 0 Å². The number of hydrogen-bond acceptors (Lipinski definition) is 3. The number of benzene rings is 3. The average Bonchev–Trinajstić information content (AvgIpc) is 2.74. The van der Waals surface area contributed by atoms with Crippen molar-refractivity contribution in [2.45, 2.75) is 17.7 Å². The fourth-order valence-electron chi connectivity index (χ4n) is 2.78. The van der Waals surface area contributed by atoms with Crippen LogP contribution in [-0.2, 0) is 10.0 Å². The van der Waals surface area contributed by atoms with Crippen molar-refractivity contribution < 1.29 is 17.6 Å². The number of carbonyl (C=O) groups excluding carboxylic acids is 1. The zero-order valence-electron chi connectivity index (χ0n) is 15.8. The summed E-state index contributed by atoms with van der Waals surface area (Å²) in [6.07, 6.45) is 0. The van der Waals surface area contributed by atoms with Crippen LogP contribution >= 0.6 is 0 Å². The molecule has 3 aromatic rings. The van der Waals surface area contributed by atoms with Gasteiger partial charge in [0.25, 0.3) is 15.9 Å². The van der Waals surface area contributed by atoms with Gasteiger partial charge in [-0.05, 0) is 47.9 Å². The van der Waals surface area contributed by atoms with Gasteiger partial charge in [-0.1, -0.05) is 49.4 Å². The van der Waals surface area contributed by atoms with E-state index in [1.54, 1.807) is 0 Å². The highest BCUT2D eigenvalue weighted by Gasteiger charge is 2.17. The van der Waals surface area contributed by atoms with E-state index >= 15 is 0 Å². The maximum absolute atomic E-state index is 13.7. The third-order valence-corrected chi connectivity index (χ3v) is 5.86. The number of sulfonamides is 1. The van der Waals surface area contributed by atoms with Crippen LogP contribution in [0.4, 0.5) is 10.1 Å². The van der Waals surface area contributed by atoms with Gasteiger partial charge in [-0.25, -0.2) is 12.8 Å². The number of para-hydroxylation sites is 1. The predicted molar refractivity (Wildman–Crippen MR) is 111 cm³/mol. The standard InChI is InChI=1S/C22H21FN2O3S/c1-16(17-7-3-2-4-8-17)15-24-22(26)18-11-13-19(14-12-18)29(27,28)25-21-10-6-5-9-20(21)23/h2-14,16,25H,15H2,1H3,(H,24,26)/t16-/m0/s1. The minimum absolute atomic E-state index is 0.0602. The lowest BCUT2D eigenvalue weighted by Gasteiger charge is -2.13. The first-order valence-corrected chi connectivity index (χ1v) is 10.6. The van der Waals surface area contributed by atoms with E-state index in [1.165, 1.54) is 48.5 Å². The molecule has 5 nitrogen and oxygen atoms in total. The Kier molecular flexibility index (Phi) is 6.29. The molecule has 0 bridgehead atoms. The summed E-state index contributed by atoms with van der Waals surface area (Å²) in [5, 5.41) is 2.85. The molecule has 0 aliphatic heterocycles. The fraction of sp³-hybridized carbons (Fsp3) is 0.136. The number of anilines is 1. The molecule has 150 valence electrons. The number of carbonyl (C=O) groups is 1. The summed E-state index contributed by atoms with van der Waals surface area (Å²) in [6.45, 7) is 2.47. The molecule has 0 fully saturated rings. The Morgan fingerprint density at radius 3 is 2.21 bits per heavy atom. The van der Waals surface area contributed by atoms with Gasteiger partial charge in [0.2, 0.25) is 0 Å². The molecule has 1 atom stereocenters. The molecule has 7 heteroatoms. The highest BCUT2D eigenvalue weighted by Crippen LogP contribution is 2.19. The van der Waals surface area contributed by atoms with Gasteiger partial charge < -0.3 is 5.32 Å². The quantitative estimate of drug-likeness (QED) is 0.612. The largest absolute Gasteiger partial charge is 0.351 e. The molecular formula is C22H21FN2O3S. The van der Waals surface area contributed by atoms with Gasteiger partial charge in [0.1, 0.15) is 5.82 Å². The molecule has 0 unspecified atom stereocenters. The molecule has 0 aliphatic carbocycles. The molecule has 2 N–H and O–H groups in total. The molecule has 1 amide bonds. The highest BCUT2D eigenvalue weighted by molar-refractivity contribution is 7.92. The van der Waals surface area contributed by atoms with Crippen LogP contribution in [-0.4, -0.2) is 20.9 Å². The molecule has 0 saturated carbocycles. The van der Waals surface area contributed by atoms with Crippen molar-refractivity contribution in [1.82, 2.24) is 5.32 Å². The van der Waals surface area contributed by atoms with Crippen LogP contribution in [0, 0.1) is 5.82 Å². The van der Waals surface area contributed by atoms with Gasteiger partial charge >= 0.3 is 0 Å². The Morgan fingerprint density at radius 2 is 1.55 bits per heavy atom. The predicted octanol–water partition coefficient (Wildman–Crippen LogP) is 4.16. The van der Waals surface area contributed by atoms with Crippen LogP contribution in [0.1, 0.15) is 28.8 Å². The van der Waals surface area contributed by atoms with Crippen LogP contribution in [0.3, 0.4) is 0 Å². The van der Waals surface area contributed by atoms with Crippen LogP contribution in [0.2, 0.25) is 0 Å². The van der Waals surface area contributed by atoms with Gasteiger partial charge in [0.05, 0.1) is 10.6 Å². The second-order valence-electron chi connectivity index (χ2n) is 6.63. The Labute approximate surface area is 169 Å². The molecule has 0 spiro atoms. The van der Waals surface area contributed by atoms with Gasteiger partial charge in [-0.3, -0.25) is 9.52 Å². The lowest BCUT2D eigenvalue weighted by atomic mass is 10.0. The number of halogens is 1. The van der Waals surface area contributed by atoms with Crippen LogP contribution < -0.4 is 10.0 Å². The maximum Gasteiger partial charge on any atom is 0.261 e. The minimum Gasteiger partial charge on any atom is -0.351 e. The second-order valence-corrected chi connectivity index (χ2v) is 8.31. The normalized spacial score (nSPS) is 12.2. The summed E-state index contributed by atoms with van der Waals surface area (Å²) in [5.74, 6) is -0.817. The second kappa shape index (κ2) is 8.87. The summed E-state index contributed by atoms with van der Waals surface area (Å²) in [6, 6.07) is 20.8. The molecule has 0 aliphatic rings. The Morgan fingerprint density at radius 1 is 0.931 bits per heavy atom. The zero-order valence-corrected chi connectivity index (χ0v) is 16.6. The number of hydrogen-bond donors (Lipinski definition) is 2. The third kappa shape index (κ3) is 5.20. The third-order valence-electron chi connectivity index (χ3n) is 4.48. The first-order valence-electron chi connectivity index (χ1n) is 9.07. The average molecular weight is 412 g/mol. The lowest BCUT2D eigenvalue weighted by molar-refractivity contribution is 0.0951. The zero-order chi connectivity index (χ0) is 20.9. The van der Waals surface area contributed by atoms with Crippen LogP contribution in [0.15, 0.2) is 83.8 Å². The van der Waals surface area contributed by atoms with E-state index in [4.69, 9.17) is 0 Å². The van der Waals surface area contributed by atoms with Crippen molar-refractivity contribution in [3.05, 3.63) is 95.8 Å². The van der Waals surface area contributed by atoms with Crippen molar-refractivity contribution >= 4 is 21.6 Å². The number of nitrogens with one attached hydrogen (secondary N) is 2. The molecule has 0 heterocycles. The Bertz CT molecular complexity index is 1080. The number of rotatable bonds is 7. The topological polar surface area (TPSA) is 75.3 Å². The SMILES string of the molecule is C[C@@H](CNC(=O)c1ccc(S(=O)(=O)Nc2ccccc2F)cc1)c1ccccc1. The molecule has 0 saturated heterocycles. The first kappa shape index (κ1) is 20.5. The van der Waals surface area contributed by atoms with Crippen molar-refractivity contribution in [2.75, 3.05) is 11.3 Å². The van der Waals surface area contributed by atoms with E-state index in [-0.39, 0.29) is 22.4 Å². The van der Waals surface area contributed by atoms with E-state index in [9.17, 15) is 17.6 Å². The minimum atomic E-state index is -3.96. The Hall–Kier alpha value is -3.19. The smallest absolute Gasteiger partial charge is 0.261 e. The van der Waals surface area contributed by atoms with Crippen molar-refractivity contribution in [3.8, 4) is 0 Å².